The quantitative estimate of drug-likeness (QED) is 0.0321. The summed E-state index contributed by atoms with van der Waals surface area (Å²) in [5.41, 5.74) is 0. The fourth-order valence-electron chi connectivity index (χ4n) is 8.20. The highest BCUT2D eigenvalue weighted by atomic mass is 16.5. The third kappa shape index (κ3) is 46.2. The van der Waals surface area contributed by atoms with Gasteiger partial charge < -0.3 is 20.3 Å². The average molecular weight is 884 g/mol. The molecule has 0 fully saturated rings. The van der Waals surface area contributed by atoms with Gasteiger partial charge in [0.15, 0.2) is 0 Å². The van der Waals surface area contributed by atoms with Crippen molar-refractivity contribution in [3.63, 3.8) is 0 Å². The van der Waals surface area contributed by atoms with E-state index in [1.54, 1.807) is 0 Å². The number of amides is 1. The van der Waals surface area contributed by atoms with Gasteiger partial charge in [-0.05, 0) is 89.9 Å². The minimum absolute atomic E-state index is 0.0636. The highest BCUT2D eigenvalue weighted by molar-refractivity contribution is 5.77. The second-order valence-corrected chi connectivity index (χ2v) is 18.6. The van der Waals surface area contributed by atoms with Gasteiger partial charge in [0.2, 0.25) is 5.91 Å². The second kappa shape index (κ2) is 50.8. The van der Waals surface area contributed by atoms with Crippen LogP contribution in [0.15, 0.2) is 48.6 Å². The molecule has 0 saturated carbocycles. The van der Waals surface area contributed by atoms with Crippen LogP contribution in [0.25, 0.3) is 0 Å². The Bertz CT molecular complexity index is 1080. The Labute approximate surface area is 391 Å². The molecule has 3 N–H and O–H groups in total. The van der Waals surface area contributed by atoms with Crippen LogP contribution in [0.3, 0.4) is 0 Å². The van der Waals surface area contributed by atoms with Crippen molar-refractivity contribution in [2.24, 2.45) is 0 Å². The molecule has 0 saturated heterocycles. The average Bonchev–Trinajstić information content (AvgIpc) is 3.28. The topological polar surface area (TPSA) is 95.9 Å². The van der Waals surface area contributed by atoms with Gasteiger partial charge in [-0.2, -0.15) is 0 Å². The molecule has 0 rings (SSSR count). The Morgan fingerprint density at radius 3 is 1.29 bits per heavy atom. The minimum Gasteiger partial charge on any atom is -0.462 e. The highest BCUT2D eigenvalue weighted by Gasteiger charge is 2.24. The number of unbranched alkanes of at least 4 members (excludes halogenated alkanes) is 29. The zero-order chi connectivity index (χ0) is 45.9. The molecule has 0 aromatic heterocycles. The number of aliphatic hydroxyl groups is 2. The molecular weight excluding hydrogens is 779 g/mol. The number of carbonyl (C=O) groups is 2. The third-order valence-corrected chi connectivity index (χ3v) is 12.4. The molecule has 0 aliphatic carbocycles. The van der Waals surface area contributed by atoms with E-state index in [0.29, 0.717) is 19.3 Å². The minimum atomic E-state index is -0.794. The summed E-state index contributed by atoms with van der Waals surface area (Å²) in [6.45, 7) is 6.45. The predicted molar refractivity (Wildman–Crippen MR) is 273 cm³/mol. The molecule has 3 unspecified atom stereocenters. The number of nitrogens with one attached hydrogen (secondary N) is 1. The summed E-state index contributed by atoms with van der Waals surface area (Å²) < 4.78 is 5.93. The van der Waals surface area contributed by atoms with Gasteiger partial charge in [-0.15, -0.1) is 0 Å². The molecule has 0 spiro atoms. The van der Waals surface area contributed by atoms with Crippen LogP contribution in [0.5, 0.6) is 0 Å². The van der Waals surface area contributed by atoms with Crippen LogP contribution in [-0.4, -0.2) is 46.9 Å². The standard InChI is InChI=1S/C57H105NO5/c1-4-7-10-13-16-19-22-25-27-28-29-32-35-38-41-44-47-50-57(62)63-53(48-45-42-39-36-33-30-24-21-18-15-12-9-6-3)51-56(61)58-54(52-59)55(60)49-46-43-40-37-34-31-26-23-20-17-14-11-8-5-2/h16,19,21,24-25,27,29,32,53-55,59-60H,4-15,17-18,20,22-23,26,28,30-31,33-52H2,1-3H3,(H,58,61)/b19-16-,24-21-,27-25-,32-29-. The van der Waals surface area contributed by atoms with Crippen molar-refractivity contribution in [1.82, 2.24) is 5.32 Å². The molecule has 0 aliphatic heterocycles. The van der Waals surface area contributed by atoms with Crippen LogP contribution < -0.4 is 5.32 Å². The lowest BCUT2D eigenvalue weighted by Gasteiger charge is -2.24. The van der Waals surface area contributed by atoms with E-state index in [1.807, 2.05) is 0 Å². The van der Waals surface area contributed by atoms with Crippen molar-refractivity contribution in [2.75, 3.05) is 6.61 Å². The van der Waals surface area contributed by atoms with Crippen molar-refractivity contribution in [3.05, 3.63) is 48.6 Å². The van der Waals surface area contributed by atoms with E-state index in [-0.39, 0.29) is 24.9 Å². The van der Waals surface area contributed by atoms with Crippen LogP contribution in [0.1, 0.15) is 278 Å². The Balaban J connectivity index is 4.59. The lowest BCUT2D eigenvalue weighted by Crippen LogP contribution is -2.46. The van der Waals surface area contributed by atoms with E-state index in [2.05, 4.69) is 74.7 Å². The molecule has 0 aromatic rings. The van der Waals surface area contributed by atoms with Gasteiger partial charge in [0.05, 0.1) is 25.2 Å². The number of hydrogen-bond donors (Lipinski definition) is 3. The van der Waals surface area contributed by atoms with Crippen molar-refractivity contribution >= 4 is 11.9 Å². The van der Waals surface area contributed by atoms with E-state index in [0.717, 1.165) is 89.9 Å². The van der Waals surface area contributed by atoms with Crippen molar-refractivity contribution in [1.29, 1.82) is 0 Å². The van der Waals surface area contributed by atoms with Gasteiger partial charge in [0.25, 0.3) is 0 Å². The molecule has 0 aliphatic rings. The lowest BCUT2D eigenvalue weighted by molar-refractivity contribution is -0.151. The first-order chi connectivity index (χ1) is 31.0. The normalized spacial score (nSPS) is 13.5. The van der Waals surface area contributed by atoms with Gasteiger partial charge >= 0.3 is 5.97 Å². The Morgan fingerprint density at radius 2 is 0.810 bits per heavy atom. The maximum Gasteiger partial charge on any atom is 0.306 e. The molecule has 0 aromatic carbocycles. The third-order valence-electron chi connectivity index (χ3n) is 12.4. The SMILES string of the molecule is CCCCC/C=C\C/C=C\C/C=C\CCCCCCC(=O)OC(CCCCCCC/C=C\CCCCCC)CC(=O)NC(CO)C(O)CCCCCCCCCCCCCCCC. The Morgan fingerprint density at radius 1 is 0.460 bits per heavy atom. The fraction of sp³-hybridized carbons (Fsp3) is 0.825. The monoisotopic (exact) mass is 884 g/mol. The van der Waals surface area contributed by atoms with Crippen molar-refractivity contribution < 1.29 is 24.5 Å². The number of aliphatic hydroxyl groups excluding tert-OH is 2. The Hall–Kier alpha value is -2.18. The lowest BCUT2D eigenvalue weighted by atomic mass is 10.0. The fourth-order valence-corrected chi connectivity index (χ4v) is 8.20. The van der Waals surface area contributed by atoms with E-state index in [9.17, 15) is 19.8 Å². The molecule has 3 atom stereocenters. The number of allylic oxidation sites excluding steroid dienone is 8. The molecule has 63 heavy (non-hydrogen) atoms. The maximum absolute atomic E-state index is 13.2. The van der Waals surface area contributed by atoms with E-state index >= 15 is 0 Å². The predicted octanol–water partition coefficient (Wildman–Crippen LogP) is 16.6. The molecule has 6 nitrogen and oxygen atoms in total. The van der Waals surface area contributed by atoms with E-state index < -0.39 is 18.2 Å². The summed E-state index contributed by atoms with van der Waals surface area (Å²) in [4.78, 5) is 26.2. The first kappa shape index (κ1) is 60.8. The number of rotatable bonds is 49. The number of carbonyl (C=O) groups excluding carboxylic acids is 2. The van der Waals surface area contributed by atoms with Crippen LogP contribution in [0.2, 0.25) is 0 Å². The number of ether oxygens (including phenoxy) is 1. The van der Waals surface area contributed by atoms with Crippen LogP contribution in [0, 0.1) is 0 Å². The molecule has 1 amide bonds. The van der Waals surface area contributed by atoms with Crippen LogP contribution >= 0.6 is 0 Å². The molecule has 6 heteroatoms. The molecule has 0 radical (unpaired) electrons. The number of esters is 1. The maximum atomic E-state index is 13.2. The highest BCUT2D eigenvalue weighted by Crippen LogP contribution is 2.18. The largest absolute Gasteiger partial charge is 0.462 e. The first-order valence-electron chi connectivity index (χ1n) is 27.4. The zero-order valence-electron chi connectivity index (χ0n) is 42.0. The van der Waals surface area contributed by atoms with Crippen molar-refractivity contribution in [2.45, 2.75) is 296 Å². The zero-order valence-corrected chi connectivity index (χ0v) is 42.0. The summed E-state index contributed by atoms with van der Waals surface area (Å²) in [6.07, 6.45) is 61.6. The smallest absolute Gasteiger partial charge is 0.306 e. The van der Waals surface area contributed by atoms with Crippen molar-refractivity contribution in [3.8, 4) is 0 Å². The van der Waals surface area contributed by atoms with E-state index in [4.69, 9.17) is 4.74 Å². The molecule has 368 valence electrons. The molecular formula is C57H105NO5. The summed E-state index contributed by atoms with van der Waals surface area (Å²) in [7, 11) is 0. The summed E-state index contributed by atoms with van der Waals surface area (Å²) in [5, 5.41) is 23.8. The van der Waals surface area contributed by atoms with Crippen LogP contribution in [0.4, 0.5) is 0 Å². The summed E-state index contributed by atoms with van der Waals surface area (Å²) in [6, 6.07) is -0.708. The van der Waals surface area contributed by atoms with Gasteiger partial charge in [-0.1, -0.05) is 223 Å². The summed E-state index contributed by atoms with van der Waals surface area (Å²) >= 11 is 0. The van der Waals surface area contributed by atoms with E-state index in [1.165, 1.54) is 141 Å². The van der Waals surface area contributed by atoms with Gasteiger partial charge in [0, 0.05) is 6.42 Å². The summed E-state index contributed by atoms with van der Waals surface area (Å²) in [5.74, 6) is -0.500. The van der Waals surface area contributed by atoms with Gasteiger partial charge in [0.1, 0.15) is 6.10 Å². The second-order valence-electron chi connectivity index (χ2n) is 18.6. The van der Waals surface area contributed by atoms with Gasteiger partial charge in [-0.25, -0.2) is 0 Å². The van der Waals surface area contributed by atoms with Crippen LogP contribution in [-0.2, 0) is 14.3 Å². The molecule has 0 bridgehead atoms. The first-order valence-corrected chi connectivity index (χ1v) is 27.4. The number of hydrogen-bond acceptors (Lipinski definition) is 5. The molecule has 0 heterocycles. The van der Waals surface area contributed by atoms with Gasteiger partial charge in [-0.3, -0.25) is 9.59 Å². The Kier molecular flexibility index (Phi) is 49.1.